The molecule has 0 saturated carbocycles. The van der Waals surface area contributed by atoms with Crippen molar-refractivity contribution in [3.05, 3.63) is 57.6 Å². The Bertz CT molecular complexity index is 1260. The molecule has 2 aliphatic heterocycles. The molecule has 2 unspecified atom stereocenters. The van der Waals surface area contributed by atoms with E-state index in [4.69, 9.17) is 28.4 Å². The molecule has 2 aliphatic rings. The first kappa shape index (κ1) is 38.7. The van der Waals surface area contributed by atoms with E-state index < -0.39 is 0 Å². The van der Waals surface area contributed by atoms with Crippen molar-refractivity contribution in [2.45, 2.75) is 155 Å². The molecule has 2 saturated heterocycles. The van der Waals surface area contributed by atoms with Gasteiger partial charge in [-0.2, -0.15) is 0 Å². The predicted molar refractivity (Wildman–Crippen MR) is 196 cm³/mol. The Balaban J connectivity index is 1.65. The van der Waals surface area contributed by atoms with Gasteiger partial charge in [-0.1, -0.05) is 65.8 Å². The van der Waals surface area contributed by atoms with Crippen LogP contribution in [0.1, 0.15) is 146 Å². The molecule has 2 fully saturated rings. The van der Waals surface area contributed by atoms with Crippen LogP contribution in [0.15, 0.2) is 24.3 Å². The van der Waals surface area contributed by atoms with Gasteiger partial charge in [-0.05, 0) is 117 Å². The number of methoxy groups -OCH3 is 1. The van der Waals surface area contributed by atoms with Gasteiger partial charge in [-0.25, -0.2) is 0 Å². The highest BCUT2D eigenvalue weighted by Gasteiger charge is 2.29. The quantitative estimate of drug-likeness (QED) is 0.139. The van der Waals surface area contributed by atoms with Gasteiger partial charge in [-0.15, -0.1) is 0 Å². The Kier molecular flexibility index (Phi) is 15.1. The largest absolute Gasteiger partial charge is 0.496 e. The van der Waals surface area contributed by atoms with Crippen molar-refractivity contribution in [2.75, 3.05) is 40.1 Å². The maximum atomic E-state index is 6.54. The molecule has 0 spiro atoms. The van der Waals surface area contributed by atoms with Gasteiger partial charge in [0.2, 0.25) is 0 Å². The van der Waals surface area contributed by atoms with E-state index in [2.05, 4.69) is 72.7 Å². The van der Waals surface area contributed by atoms with Gasteiger partial charge in [0.05, 0.1) is 26.9 Å². The fraction of sp³-hybridized carbons (Fsp3) is 0.714. The highest BCUT2D eigenvalue weighted by Crippen LogP contribution is 2.42. The summed E-state index contributed by atoms with van der Waals surface area (Å²) in [5, 5.41) is 0. The van der Waals surface area contributed by atoms with E-state index in [1.165, 1.54) is 46.2 Å². The van der Waals surface area contributed by atoms with E-state index in [0.717, 1.165) is 95.3 Å². The van der Waals surface area contributed by atoms with Crippen molar-refractivity contribution in [3.63, 3.8) is 0 Å². The lowest BCUT2D eigenvalue weighted by Gasteiger charge is -2.30. The minimum atomic E-state index is -0.0438. The van der Waals surface area contributed by atoms with Crippen LogP contribution < -0.4 is 9.47 Å². The number of benzene rings is 2. The van der Waals surface area contributed by atoms with Crippen molar-refractivity contribution in [1.82, 2.24) is 0 Å². The van der Waals surface area contributed by atoms with Crippen molar-refractivity contribution in [2.24, 2.45) is 0 Å². The van der Waals surface area contributed by atoms with Crippen LogP contribution in [-0.2, 0) is 49.0 Å². The van der Waals surface area contributed by atoms with E-state index in [-0.39, 0.29) is 23.4 Å². The molecular formula is C42H66O6. The second kappa shape index (κ2) is 18.8. The molecule has 0 radical (unpaired) electrons. The Labute approximate surface area is 292 Å². The van der Waals surface area contributed by atoms with Crippen molar-refractivity contribution < 1.29 is 28.4 Å². The molecule has 6 heteroatoms. The van der Waals surface area contributed by atoms with Gasteiger partial charge in [-0.3, -0.25) is 0 Å². The first-order valence-electron chi connectivity index (χ1n) is 19.1. The molecule has 0 bridgehead atoms. The van der Waals surface area contributed by atoms with Crippen LogP contribution in [0.25, 0.3) is 0 Å². The average Bonchev–Trinajstić information content (AvgIpc) is 3.10. The lowest BCUT2D eigenvalue weighted by molar-refractivity contribution is -0.162. The Morgan fingerprint density at radius 3 is 1.56 bits per heavy atom. The van der Waals surface area contributed by atoms with Crippen LogP contribution in [-0.4, -0.2) is 52.7 Å². The zero-order chi connectivity index (χ0) is 34.6. The maximum absolute atomic E-state index is 6.54. The lowest BCUT2D eigenvalue weighted by Crippen LogP contribution is -2.23. The van der Waals surface area contributed by atoms with Crippen LogP contribution in [0.5, 0.6) is 11.5 Å². The summed E-state index contributed by atoms with van der Waals surface area (Å²) in [6.07, 6.45) is 13.2. The molecule has 0 N–H and O–H groups in total. The smallest absolute Gasteiger partial charge is 0.157 e. The summed E-state index contributed by atoms with van der Waals surface area (Å²) in [5.41, 5.74) is 7.65. The summed E-state index contributed by atoms with van der Waals surface area (Å²) in [7, 11) is 1.83. The minimum absolute atomic E-state index is 0.0228. The van der Waals surface area contributed by atoms with E-state index in [0.29, 0.717) is 19.8 Å². The van der Waals surface area contributed by atoms with E-state index in [1.807, 2.05) is 7.11 Å². The minimum Gasteiger partial charge on any atom is -0.496 e. The molecule has 270 valence electrons. The third kappa shape index (κ3) is 10.7. The molecule has 0 aromatic heterocycles. The number of aryl methyl sites for hydroxylation is 2. The Morgan fingerprint density at radius 1 is 0.667 bits per heavy atom. The summed E-state index contributed by atoms with van der Waals surface area (Å²) in [4.78, 5) is 0. The standard InChI is InChI=1S/C42H66O6/c1-9-41(4,5)35-28-31(18-16-24-47-37-20-12-14-22-45-37)26-33(39(35)43-8)30-34-27-32(19-17-25-48-38-21-13-15-23-46-38)29-36(40(34)44-11-3)42(6,7)10-2/h26-29,37-38H,9-25,30H2,1-8H3. The van der Waals surface area contributed by atoms with Gasteiger partial charge in [0.1, 0.15) is 11.5 Å². The summed E-state index contributed by atoms with van der Waals surface area (Å²) in [5.74, 6) is 2.03. The fourth-order valence-corrected chi connectivity index (χ4v) is 6.88. The van der Waals surface area contributed by atoms with Gasteiger partial charge in [0.25, 0.3) is 0 Å². The van der Waals surface area contributed by atoms with Crippen LogP contribution in [0.3, 0.4) is 0 Å². The third-order valence-corrected chi connectivity index (χ3v) is 10.7. The Morgan fingerprint density at radius 2 is 1.15 bits per heavy atom. The number of hydrogen-bond acceptors (Lipinski definition) is 6. The maximum Gasteiger partial charge on any atom is 0.157 e. The van der Waals surface area contributed by atoms with Crippen molar-refractivity contribution in [1.29, 1.82) is 0 Å². The van der Waals surface area contributed by atoms with Crippen LogP contribution >= 0.6 is 0 Å². The predicted octanol–water partition coefficient (Wildman–Crippen LogP) is 10.0. The Hall–Kier alpha value is -2.12. The highest BCUT2D eigenvalue weighted by molar-refractivity contribution is 5.54. The van der Waals surface area contributed by atoms with E-state index >= 15 is 0 Å². The second-order valence-corrected chi connectivity index (χ2v) is 15.1. The zero-order valence-electron chi connectivity index (χ0n) is 31.6. The average molecular weight is 667 g/mol. The number of ether oxygens (including phenoxy) is 6. The third-order valence-electron chi connectivity index (χ3n) is 10.7. The van der Waals surface area contributed by atoms with Crippen LogP contribution in [0.4, 0.5) is 0 Å². The second-order valence-electron chi connectivity index (χ2n) is 15.1. The molecule has 2 atom stereocenters. The summed E-state index contributed by atoms with van der Waals surface area (Å²) >= 11 is 0. The molecule has 2 aromatic rings. The summed E-state index contributed by atoms with van der Waals surface area (Å²) in [6.45, 7) is 19.6. The molecule has 2 heterocycles. The van der Waals surface area contributed by atoms with Gasteiger partial charge in [0, 0.05) is 30.8 Å². The van der Waals surface area contributed by atoms with Crippen molar-refractivity contribution >= 4 is 0 Å². The first-order chi connectivity index (χ1) is 23.1. The van der Waals surface area contributed by atoms with Crippen LogP contribution in [0.2, 0.25) is 0 Å². The topological polar surface area (TPSA) is 55.4 Å². The molecule has 0 amide bonds. The molecule has 0 aliphatic carbocycles. The normalized spacial score (nSPS) is 19.0. The fourth-order valence-electron chi connectivity index (χ4n) is 6.88. The van der Waals surface area contributed by atoms with Gasteiger partial charge in [0.15, 0.2) is 12.6 Å². The highest BCUT2D eigenvalue weighted by atomic mass is 16.7. The number of rotatable bonds is 19. The number of hydrogen-bond donors (Lipinski definition) is 0. The molecule has 2 aromatic carbocycles. The SMILES string of the molecule is CCOc1c(Cc2cc(CCCOC3CCCCO3)cc(C(C)(C)CC)c2OC)cc(CCCOC2CCCCO2)cc1C(C)(C)CC. The molecule has 6 nitrogen and oxygen atoms in total. The molecular weight excluding hydrogens is 600 g/mol. The lowest BCUT2D eigenvalue weighted by atomic mass is 9.77. The summed E-state index contributed by atoms with van der Waals surface area (Å²) < 4.78 is 36.6. The monoisotopic (exact) mass is 666 g/mol. The van der Waals surface area contributed by atoms with Crippen molar-refractivity contribution in [3.8, 4) is 11.5 Å². The van der Waals surface area contributed by atoms with Gasteiger partial charge >= 0.3 is 0 Å². The van der Waals surface area contributed by atoms with Gasteiger partial charge < -0.3 is 28.4 Å². The van der Waals surface area contributed by atoms with Crippen LogP contribution in [0, 0.1) is 0 Å². The molecule has 4 rings (SSSR count). The van der Waals surface area contributed by atoms with E-state index in [1.54, 1.807) is 0 Å². The molecule has 48 heavy (non-hydrogen) atoms. The van der Waals surface area contributed by atoms with E-state index in [9.17, 15) is 0 Å². The first-order valence-corrected chi connectivity index (χ1v) is 19.1. The summed E-state index contributed by atoms with van der Waals surface area (Å²) in [6, 6.07) is 9.53. The zero-order valence-corrected chi connectivity index (χ0v) is 31.6.